The molecule has 3 aromatic carbocycles. The van der Waals surface area contributed by atoms with E-state index in [1.54, 1.807) is 42.5 Å². The third kappa shape index (κ3) is 6.90. The summed E-state index contributed by atoms with van der Waals surface area (Å²) >= 11 is 0. The monoisotopic (exact) mass is 559 g/mol. The van der Waals surface area contributed by atoms with Crippen LogP contribution >= 0.6 is 0 Å². The molecule has 0 unspecified atom stereocenters. The Kier molecular flexibility index (Phi) is 8.67. The first-order chi connectivity index (χ1) is 18.1. The highest BCUT2D eigenvalue weighted by Gasteiger charge is 2.26. The Balaban J connectivity index is 1.27. The van der Waals surface area contributed by atoms with Crippen molar-refractivity contribution in [3.8, 4) is 5.75 Å². The van der Waals surface area contributed by atoms with Crippen molar-refractivity contribution in [2.24, 2.45) is 0 Å². The van der Waals surface area contributed by atoms with Crippen molar-refractivity contribution in [3.63, 3.8) is 0 Å². The Bertz CT molecular complexity index is 1470. The third-order valence-corrected chi connectivity index (χ3v) is 9.11. The summed E-state index contributed by atoms with van der Waals surface area (Å²) in [6.07, 6.45) is 0. The van der Waals surface area contributed by atoms with Crippen molar-refractivity contribution in [2.45, 2.75) is 16.7 Å². The lowest BCUT2D eigenvalue weighted by Crippen LogP contribution is -2.40. The quantitative estimate of drug-likeness (QED) is 0.365. The summed E-state index contributed by atoms with van der Waals surface area (Å²) in [5.74, 6) is 0.0737. The van der Waals surface area contributed by atoms with Gasteiger partial charge in [-0.15, -0.1) is 0 Å². The zero-order valence-corrected chi connectivity index (χ0v) is 22.4. The lowest BCUT2D eigenvalue weighted by Gasteiger charge is -2.26. The second-order valence-electron chi connectivity index (χ2n) is 8.59. The topological polar surface area (TPSA) is 131 Å². The molecular weight excluding hydrogens is 530 g/mol. The first kappa shape index (κ1) is 27.6. The highest BCUT2D eigenvalue weighted by atomic mass is 32.2. The zero-order valence-electron chi connectivity index (χ0n) is 20.8. The van der Waals surface area contributed by atoms with Crippen LogP contribution in [-0.4, -0.2) is 66.5 Å². The Morgan fingerprint density at radius 3 is 2.26 bits per heavy atom. The Morgan fingerprint density at radius 1 is 0.921 bits per heavy atom. The van der Waals surface area contributed by atoms with Crippen molar-refractivity contribution >= 4 is 31.6 Å². The van der Waals surface area contributed by atoms with Crippen LogP contribution in [0.3, 0.4) is 0 Å². The number of sulfonamides is 2. The standard InChI is InChI=1S/C26H29N3O7S2/c1-20-5-9-24(10-6-20)37(31,32)28-22-4-2-3-21(19-22)26(30)27-13-16-36-23-7-11-25(12-8-23)38(33,34)29-14-17-35-18-15-29/h2-12,19,28H,13-18H2,1H3,(H,27,30). The summed E-state index contributed by atoms with van der Waals surface area (Å²) in [6, 6.07) is 18.8. The number of rotatable bonds is 10. The number of nitrogens with one attached hydrogen (secondary N) is 2. The number of morpholine rings is 1. The van der Waals surface area contributed by atoms with E-state index in [1.165, 1.54) is 34.6 Å². The number of amides is 1. The van der Waals surface area contributed by atoms with Crippen molar-refractivity contribution in [3.05, 3.63) is 83.9 Å². The van der Waals surface area contributed by atoms with Gasteiger partial charge in [0.1, 0.15) is 12.4 Å². The van der Waals surface area contributed by atoms with Crippen LogP contribution in [0.5, 0.6) is 5.75 Å². The molecule has 1 saturated heterocycles. The number of carbonyl (C=O) groups excluding carboxylic acids is 1. The van der Waals surface area contributed by atoms with E-state index in [9.17, 15) is 21.6 Å². The average molecular weight is 560 g/mol. The summed E-state index contributed by atoms with van der Waals surface area (Å²) in [5.41, 5.74) is 1.49. The van der Waals surface area contributed by atoms with Gasteiger partial charge in [0.2, 0.25) is 10.0 Å². The van der Waals surface area contributed by atoms with Gasteiger partial charge in [0.25, 0.3) is 15.9 Å². The number of benzene rings is 3. The largest absolute Gasteiger partial charge is 0.492 e. The number of anilines is 1. The van der Waals surface area contributed by atoms with Crippen LogP contribution in [0.4, 0.5) is 5.69 Å². The van der Waals surface area contributed by atoms with Crippen molar-refractivity contribution < 1.29 is 31.1 Å². The molecule has 0 bridgehead atoms. The van der Waals surface area contributed by atoms with Gasteiger partial charge in [0.05, 0.1) is 29.5 Å². The minimum absolute atomic E-state index is 0.127. The van der Waals surface area contributed by atoms with Crippen LogP contribution in [0.15, 0.2) is 82.6 Å². The molecule has 0 radical (unpaired) electrons. The van der Waals surface area contributed by atoms with Gasteiger partial charge < -0.3 is 14.8 Å². The normalized spacial score (nSPS) is 14.6. The van der Waals surface area contributed by atoms with E-state index in [-0.39, 0.29) is 34.2 Å². The Labute approximate surface area is 222 Å². The average Bonchev–Trinajstić information content (AvgIpc) is 2.92. The minimum Gasteiger partial charge on any atom is -0.492 e. The van der Waals surface area contributed by atoms with Crippen LogP contribution in [0, 0.1) is 6.92 Å². The predicted molar refractivity (Wildman–Crippen MR) is 142 cm³/mol. The number of hydrogen-bond donors (Lipinski definition) is 2. The number of ether oxygens (including phenoxy) is 2. The van der Waals surface area contributed by atoms with Crippen molar-refractivity contribution in [1.82, 2.24) is 9.62 Å². The third-order valence-electron chi connectivity index (χ3n) is 5.80. The Hall–Kier alpha value is -3.45. The SMILES string of the molecule is Cc1ccc(S(=O)(=O)Nc2cccc(C(=O)NCCOc3ccc(S(=O)(=O)N4CCOCC4)cc3)c2)cc1. The summed E-state index contributed by atoms with van der Waals surface area (Å²) < 4.78 is 65.4. The second-order valence-corrected chi connectivity index (χ2v) is 12.2. The highest BCUT2D eigenvalue weighted by Crippen LogP contribution is 2.21. The van der Waals surface area contributed by atoms with Crippen LogP contribution in [0.2, 0.25) is 0 Å². The number of aryl methyl sites for hydroxylation is 1. The maximum absolute atomic E-state index is 12.7. The van der Waals surface area contributed by atoms with Crippen LogP contribution in [0.1, 0.15) is 15.9 Å². The molecule has 202 valence electrons. The molecule has 3 aromatic rings. The number of nitrogens with zero attached hydrogens (tertiary/aromatic N) is 1. The second kappa shape index (κ2) is 11.9. The molecule has 2 N–H and O–H groups in total. The zero-order chi connectivity index (χ0) is 27.2. The van der Waals surface area contributed by atoms with Gasteiger partial charge in [0.15, 0.2) is 0 Å². The van der Waals surface area contributed by atoms with Gasteiger partial charge in [-0.25, -0.2) is 16.8 Å². The molecule has 10 nitrogen and oxygen atoms in total. The maximum atomic E-state index is 12.7. The number of hydrogen-bond acceptors (Lipinski definition) is 7. The van der Waals surface area contributed by atoms with Gasteiger partial charge in [-0.05, 0) is 61.5 Å². The van der Waals surface area contributed by atoms with E-state index in [1.807, 2.05) is 6.92 Å². The van der Waals surface area contributed by atoms with Gasteiger partial charge in [0, 0.05) is 24.3 Å². The summed E-state index contributed by atoms with van der Waals surface area (Å²) in [6.45, 7) is 3.60. The smallest absolute Gasteiger partial charge is 0.261 e. The molecule has 0 aliphatic carbocycles. The fraction of sp³-hybridized carbons (Fsp3) is 0.269. The molecular formula is C26H29N3O7S2. The molecule has 0 spiro atoms. The van der Waals surface area contributed by atoms with Crippen molar-refractivity contribution in [2.75, 3.05) is 44.2 Å². The van der Waals surface area contributed by atoms with E-state index in [4.69, 9.17) is 9.47 Å². The molecule has 1 aliphatic rings. The van der Waals surface area contributed by atoms with Gasteiger partial charge in [-0.1, -0.05) is 23.8 Å². The van der Waals surface area contributed by atoms with Gasteiger partial charge in [-0.2, -0.15) is 4.31 Å². The first-order valence-corrected chi connectivity index (χ1v) is 14.9. The predicted octanol–water partition coefficient (Wildman–Crippen LogP) is 2.63. The summed E-state index contributed by atoms with van der Waals surface area (Å²) in [7, 11) is -7.37. The minimum atomic E-state index is -3.79. The van der Waals surface area contributed by atoms with Crippen LogP contribution in [-0.2, 0) is 24.8 Å². The molecule has 4 rings (SSSR count). The highest BCUT2D eigenvalue weighted by molar-refractivity contribution is 7.92. The summed E-state index contributed by atoms with van der Waals surface area (Å²) in [4.78, 5) is 12.9. The number of carbonyl (C=O) groups is 1. The van der Waals surface area contributed by atoms with E-state index < -0.39 is 26.0 Å². The molecule has 0 saturated carbocycles. The first-order valence-electron chi connectivity index (χ1n) is 11.9. The maximum Gasteiger partial charge on any atom is 0.261 e. The van der Waals surface area contributed by atoms with Crippen LogP contribution < -0.4 is 14.8 Å². The van der Waals surface area contributed by atoms with E-state index in [0.29, 0.717) is 32.1 Å². The van der Waals surface area contributed by atoms with Gasteiger partial charge >= 0.3 is 0 Å². The lowest BCUT2D eigenvalue weighted by molar-refractivity contribution is 0.0730. The van der Waals surface area contributed by atoms with E-state index >= 15 is 0 Å². The van der Waals surface area contributed by atoms with Gasteiger partial charge in [-0.3, -0.25) is 9.52 Å². The van der Waals surface area contributed by atoms with E-state index in [0.717, 1.165) is 5.56 Å². The Morgan fingerprint density at radius 2 is 1.58 bits per heavy atom. The molecule has 1 amide bonds. The molecule has 1 heterocycles. The molecule has 1 fully saturated rings. The fourth-order valence-electron chi connectivity index (χ4n) is 3.73. The van der Waals surface area contributed by atoms with Crippen LogP contribution in [0.25, 0.3) is 0 Å². The molecule has 1 aliphatic heterocycles. The lowest BCUT2D eigenvalue weighted by atomic mass is 10.2. The molecule has 0 atom stereocenters. The fourth-order valence-corrected chi connectivity index (χ4v) is 6.19. The molecule has 12 heteroatoms. The molecule has 0 aromatic heterocycles. The van der Waals surface area contributed by atoms with E-state index in [2.05, 4.69) is 10.0 Å². The van der Waals surface area contributed by atoms with Crippen molar-refractivity contribution in [1.29, 1.82) is 0 Å². The summed E-state index contributed by atoms with van der Waals surface area (Å²) in [5, 5.41) is 2.72. The molecule has 38 heavy (non-hydrogen) atoms.